The average molecular weight is 418 g/mol. The van der Waals surface area contributed by atoms with Crippen molar-refractivity contribution in [3.63, 3.8) is 0 Å². The number of carbonyl (C=O) groups excluding carboxylic acids is 1. The topological polar surface area (TPSA) is 81.7 Å². The minimum Gasteiger partial charge on any atom is -0.493 e. The SMILES string of the molecule is CCOc1cc2c(cc1OC)[C@@H](NS(=O)(=O)c1ccc(C(C)(C)C)cc1)CC2=O. The maximum Gasteiger partial charge on any atom is 0.241 e. The van der Waals surface area contributed by atoms with Gasteiger partial charge in [0.2, 0.25) is 10.0 Å². The molecule has 1 aliphatic carbocycles. The van der Waals surface area contributed by atoms with Gasteiger partial charge in [0.05, 0.1) is 24.7 Å². The van der Waals surface area contributed by atoms with Crippen LogP contribution in [0.5, 0.6) is 11.5 Å². The van der Waals surface area contributed by atoms with Crippen molar-refractivity contribution in [3.8, 4) is 11.5 Å². The molecule has 1 N–H and O–H groups in total. The Morgan fingerprint density at radius 3 is 2.31 bits per heavy atom. The summed E-state index contributed by atoms with van der Waals surface area (Å²) < 4.78 is 39.4. The van der Waals surface area contributed by atoms with Crippen molar-refractivity contribution < 1.29 is 22.7 Å². The lowest BCUT2D eigenvalue weighted by Crippen LogP contribution is -2.27. The van der Waals surface area contributed by atoms with Crippen molar-refractivity contribution in [1.82, 2.24) is 4.72 Å². The minimum absolute atomic E-state index is 0.0629. The minimum atomic E-state index is -3.79. The first-order valence-electron chi connectivity index (χ1n) is 9.57. The number of carbonyl (C=O) groups is 1. The number of Topliss-reactive ketones (excluding diaryl/α,β-unsaturated/α-hetero) is 1. The molecule has 0 fully saturated rings. The molecule has 0 aliphatic heterocycles. The molecular formula is C22H27NO5S. The Morgan fingerprint density at radius 2 is 1.76 bits per heavy atom. The van der Waals surface area contributed by atoms with Crippen LogP contribution in [-0.2, 0) is 15.4 Å². The quantitative estimate of drug-likeness (QED) is 0.768. The van der Waals surface area contributed by atoms with Gasteiger partial charge in [-0.3, -0.25) is 4.79 Å². The highest BCUT2D eigenvalue weighted by Gasteiger charge is 2.34. The monoisotopic (exact) mass is 417 g/mol. The van der Waals surface area contributed by atoms with E-state index in [1.54, 1.807) is 24.3 Å². The lowest BCUT2D eigenvalue weighted by Gasteiger charge is -2.20. The second kappa shape index (κ2) is 7.80. The molecule has 0 unspecified atom stereocenters. The molecule has 0 spiro atoms. The highest BCUT2D eigenvalue weighted by molar-refractivity contribution is 7.89. The van der Waals surface area contributed by atoms with Crippen LogP contribution in [0.3, 0.4) is 0 Å². The molecule has 0 saturated heterocycles. The maximum atomic E-state index is 12.9. The van der Waals surface area contributed by atoms with Gasteiger partial charge in [-0.15, -0.1) is 0 Å². The molecule has 3 rings (SSSR count). The number of sulfonamides is 1. The number of ether oxygens (including phenoxy) is 2. The van der Waals surface area contributed by atoms with Crippen molar-refractivity contribution in [3.05, 3.63) is 53.1 Å². The number of nitrogens with one attached hydrogen (secondary N) is 1. The van der Waals surface area contributed by atoms with Crippen LogP contribution in [0, 0.1) is 0 Å². The van der Waals surface area contributed by atoms with Gasteiger partial charge in [0.1, 0.15) is 0 Å². The number of methoxy groups -OCH3 is 1. The van der Waals surface area contributed by atoms with E-state index in [4.69, 9.17) is 9.47 Å². The smallest absolute Gasteiger partial charge is 0.241 e. The number of ketones is 1. The summed E-state index contributed by atoms with van der Waals surface area (Å²) in [5, 5.41) is 0. The van der Waals surface area contributed by atoms with Gasteiger partial charge in [-0.1, -0.05) is 32.9 Å². The van der Waals surface area contributed by atoms with Crippen LogP contribution in [-0.4, -0.2) is 27.9 Å². The molecule has 1 aliphatic rings. The molecule has 0 bridgehead atoms. The molecule has 0 heterocycles. The molecule has 0 saturated carbocycles. The Labute approximate surface area is 172 Å². The molecular weight excluding hydrogens is 390 g/mol. The van der Waals surface area contributed by atoms with Crippen LogP contribution in [0.15, 0.2) is 41.3 Å². The molecule has 0 radical (unpaired) electrons. The zero-order chi connectivity index (χ0) is 21.4. The first-order valence-corrected chi connectivity index (χ1v) is 11.1. The average Bonchev–Trinajstić information content (AvgIpc) is 2.95. The van der Waals surface area contributed by atoms with Gasteiger partial charge < -0.3 is 9.47 Å². The third kappa shape index (κ3) is 4.31. The van der Waals surface area contributed by atoms with E-state index >= 15 is 0 Å². The van der Waals surface area contributed by atoms with E-state index in [2.05, 4.69) is 25.5 Å². The first kappa shape index (κ1) is 21.3. The van der Waals surface area contributed by atoms with Crippen LogP contribution in [0.1, 0.15) is 61.6 Å². The van der Waals surface area contributed by atoms with Gasteiger partial charge in [-0.2, -0.15) is 0 Å². The van der Waals surface area contributed by atoms with Gasteiger partial charge >= 0.3 is 0 Å². The second-order valence-electron chi connectivity index (χ2n) is 8.10. The summed E-state index contributed by atoms with van der Waals surface area (Å²) >= 11 is 0. The zero-order valence-corrected chi connectivity index (χ0v) is 18.2. The van der Waals surface area contributed by atoms with E-state index in [-0.39, 0.29) is 22.5 Å². The number of fused-ring (bicyclic) bond motifs is 1. The highest BCUT2D eigenvalue weighted by atomic mass is 32.2. The Hall–Kier alpha value is -2.38. The number of hydrogen-bond acceptors (Lipinski definition) is 5. The molecule has 2 aromatic carbocycles. The summed E-state index contributed by atoms with van der Waals surface area (Å²) in [6.07, 6.45) is 0.0629. The normalized spacial score (nSPS) is 16.6. The van der Waals surface area contributed by atoms with Crippen LogP contribution < -0.4 is 14.2 Å². The van der Waals surface area contributed by atoms with E-state index in [0.717, 1.165) is 5.56 Å². The summed E-state index contributed by atoms with van der Waals surface area (Å²) in [6, 6.07) is 9.50. The fourth-order valence-corrected chi connectivity index (χ4v) is 4.65. The standard InChI is InChI=1S/C22H27NO5S/c1-6-28-21-12-17-16(11-20(21)27-5)18(13-19(17)24)23-29(25,26)15-9-7-14(8-10-15)22(2,3)4/h7-12,18,23H,6,13H2,1-5H3/t18-/m0/s1. The molecule has 29 heavy (non-hydrogen) atoms. The number of benzene rings is 2. The predicted octanol–water partition coefficient (Wildman–Crippen LogP) is 4.00. The molecule has 1 atom stereocenters. The van der Waals surface area contributed by atoms with Crippen LogP contribution in [0.4, 0.5) is 0 Å². The predicted molar refractivity (Wildman–Crippen MR) is 111 cm³/mol. The van der Waals surface area contributed by atoms with Gasteiger partial charge in [0.15, 0.2) is 17.3 Å². The third-order valence-corrected chi connectivity index (χ3v) is 6.52. The molecule has 7 heteroatoms. The fraction of sp³-hybridized carbons (Fsp3) is 0.409. The van der Waals surface area contributed by atoms with Crippen molar-refractivity contribution >= 4 is 15.8 Å². The van der Waals surface area contributed by atoms with Crippen LogP contribution in [0.2, 0.25) is 0 Å². The number of rotatable bonds is 6. The zero-order valence-electron chi connectivity index (χ0n) is 17.4. The first-order chi connectivity index (χ1) is 13.6. The number of hydrogen-bond donors (Lipinski definition) is 1. The molecule has 2 aromatic rings. The fourth-order valence-electron chi connectivity index (χ4n) is 3.43. The summed E-state index contributed by atoms with van der Waals surface area (Å²) in [4.78, 5) is 12.6. The second-order valence-corrected chi connectivity index (χ2v) is 9.81. The van der Waals surface area contributed by atoms with Crippen molar-refractivity contribution in [2.75, 3.05) is 13.7 Å². The summed E-state index contributed by atoms with van der Waals surface area (Å²) in [6.45, 7) is 8.49. The Morgan fingerprint density at radius 1 is 1.10 bits per heavy atom. The molecule has 156 valence electrons. The molecule has 6 nitrogen and oxygen atoms in total. The van der Waals surface area contributed by atoms with Crippen LogP contribution >= 0.6 is 0 Å². The Kier molecular flexibility index (Phi) is 5.74. The van der Waals surface area contributed by atoms with Gasteiger partial charge in [-0.25, -0.2) is 13.1 Å². The molecule has 0 aromatic heterocycles. The molecule has 0 amide bonds. The Bertz CT molecular complexity index is 1020. The van der Waals surface area contributed by atoms with E-state index in [1.165, 1.54) is 7.11 Å². The summed E-state index contributed by atoms with van der Waals surface area (Å²) in [5.41, 5.74) is 2.04. The van der Waals surface area contributed by atoms with E-state index in [9.17, 15) is 13.2 Å². The van der Waals surface area contributed by atoms with Crippen molar-refractivity contribution in [2.45, 2.75) is 50.5 Å². The van der Waals surface area contributed by atoms with Crippen LogP contribution in [0.25, 0.3) is 0 Å². The largest absolute Gasteiger partial charge is 0.493 e. The lowest BCUT2D eigenvalue weighted by molar-refractivity contribution is 0.0988. The van der Waals surface area contributed by atoms with E-state index < -0.39 is 16.1 Å². The van der Waals surface area contributed by atoms with E-state index in [0.29, 0.717) is 29.2 Å². The van der Waals surface area contributed by atoms with Gasteiger partial charge in [0, 0.05) is 12.0 Å². The van der Waals surface area contributed by atoms with Gasteiger partial charge in [-0.05, 0) is 47.7 Å². The summed E-state index contributed by atoms with van der Waals surface area (Å²) in [7, 11) is -2.28. The van der Waals surface area contributed by atoms with Crippen molar-refractivity contribution in [2.24, 2.45) is 0 Å². The summed E-state index contributed by atoms with van der Waals surface area (Å²) in [5.74, 6) is 0.821. The van der Waals surface area contributed by atoms with Crippen molar-refractivity contribution in [1.29, 1.82) is 0 Å². The van der Waals surface area contributed by atoms with E-state index in [1.807, 2.05) is 19.1 Å². The maximum absolute atomic E-state index is 12.9. The highest BCUT2D eigenvalue weighted by Crippen LogP contribution is 2.40. The third-order valence-electron chi connectivity index (χ3n) is 5.03. The lowest BCUT2D eigenvalue weighted by atomic mass is 9.87. The van der Waals surface area contributed by atoms with Gasteiger partial charge in [0.25, 0.3) is 0 Å². The Balaban J connectivity index is 1.91.